The zero-order chi connectivity index (χ0) is 11.4. The fourth-order valence-electron chi connectivity index (χ4n) is 1.30. The van der Waals surface area contributed by atoms with E-state index in [-0.39, 0.29) is 12.1 Å². The SMILES string of the molecule is CC(c1ccccc1Cl)N(C)C(=O)NN. The van der Waals surface area contributed by atoms with Gasteiger partial charge in [-0.25, -0.2) is 10.6 Å². The van der Waals surface area contributed by atoms with E-state index in [1.165, 1.54) is 4.90 Å². The van der Waals surface area contributed by atoms with Crippen LogP contribution in [0.25, 0.3) is 0 Å². The average Bonchev–Trinajstić information content (AvgIpc) is 2.26. The molecule has 0 bridgehead atoms. The molecular weight excluding hydrogens is 214 g/mol. The smallest absolute Gasteiger partial charge is 0.320 e. The maximum atomic E-state index is 11.3. The largest absolute Gasteiger partial charge is 0.331 e. The van der Waals surface area contributed by atoms with Gasteiger partial charge in [0, 0.05) is 12.1 Å². The normalized spacial score (nSPS) is 12.0. The molecule has 1 rings (SSSR count). The van der Waals surface area contributed by atoms with Crippen LogP contribution in [-0.2, 0) is 0 Å². The van der Waals surface area contributed by atoms with Gasteiger partial charge in [-0.2, -0.15) is 0 Å². The standard InChI is InChI=1S/C10H14ClN3O/c1-7(14(2)10(15)13-12)8-5-3-4-6-9(8)11/h3-7H,12H2,1-2H3,(H,13,15). The molecule has 0 aromatic heterocycles. The number of benzene rings is 1. The summed E-state index contributed by atoms with van der Waals surface area (Å²) < 4.78 is 0. The van der Waals surface area contributed by atoms with Gasteiger partial charge < -0.3 is 4.90 Å². The monoisotopic (exact) mass is 227 g/mol. The third-order valence-corrected chi connectivity index (χ3v) is 2.72. The van der Waals surface area contributed by atoms with Crippen molar-refractivity contribution in [3.63, 3.8) is 0 Å². The van der Waals surface area contributed by atoms with Crippen molar-refractivity contribution in [3.8, 4) is 0 Å². The Balaban J connectivity index is 2.89. The van der Waals surface area contributed by atoms with Gasteiger partial charge in [-0.1, -0.05) is 29.8 Å². The number of carbonyl (C=O) groups is 1. The highest BCUT2D eigenvalue weighted by Crippen LogP contribution is 2.25. The highest BCUT2D eigenvalue weighted by atomic mass is 35.5. The van der Waals surface area contributed by atoms with Crippen molar-refractivity contribution in [1.82, 2.24) is 10.3 Å². The predicted octanol–water partition coefficient (Wildman–Crippen LogP) is 1.92. The Labute approximate surface area is 94.0 Å². The first-order chi connectivity index (χ1) is 7.07. The Morgan fingerprint density at radius 1 is 1.53 bits per heavy atom. The maximum absolute atomic E-state index is 11.3. The Hall–Kier alpha value is -1.26. The van der Waals surface area contributed by atoms with Crippen LogP contribution in [0.2, 0.25) is 5.02 Å². The molecule has 2 amide bonds. The second-order valence-electron chi connectivity index (χ2n) is 3.26. The molecule has 82 valence electrons. The molecule has 1 atom stereocenters. The first kappa shape index (κ1) is 11.8. The third-order valence-electron chi connectivity index (χ3n) is 2.38. The molecule has 1 unspecified atom stereocenters. The molecule has 0 saturated heterocycles. The van der Waals surface area contributed by atoms with Crippen LogP contribution in [-0.4, -0.2) is 18.0 Å². The number of hydrazine groups is 1. The number of halogens is 1. The number of amides is 2. The molecule has 0 aliphatic rings. The lowest BCUT2D eigenvalue weighted by atomic mass is 10.1. The van der Waals surface area contributed by atoms with Crippen molar-refractivity contribution in [3.05, 3.63) is 34.9 Å². The van der Waals surface area contributed by atoms with E-state index in [1.54, 1.807) is 13.1 Å². The number of urea groups is 1. The molecular formula is C10H14ClN3O. The Kier molecular flexibility index (Phi) is 3.94. The van der Waals surface area contributed by atoms with Crippen LogP contribution < -0.4 is 11.3 Å². The van der Waals surface area contributed by atoms with E-state index in [9.17, 15) is 4.79 Å². The van der Waals surface area contributed by atoms with Gasteiger partial charge in [0.15, 0.2) is 0 Å². The van der Waals surface area contributed by atoms with Crippen LogP contribution in [0.3, 0.4) is 0 Å². The molecule has 4 nitrogen and oxygen atoms in total. The highest BCUT2D eigenvalue weighted by Gasteiger charge is 2.17. The Morgan fingerprint density at radius 3 is 2.67 bits per heavy atom. The van der Waals surface area contributed by atoms with Crippen LogP contribution in [0.1, 0.15) is 18.5 Å². The molecule has 3 N–H and O–H groups in total. The van der Waals surface area contributed by atoms with E-state index in [4.69, 9.17) is 17.4 Å². The average molecular weight is 228 g/mol. The van der Waals surface area contributed by atoms with Gasteiger partial charge >= 0.3 is 6.03 Å². The number of carbonyl (C=O) groups excluding carboxylic acids is 1. The lowest BCUT2D eigenvalue weighted by Gasteiger charge is -2.25. The molecule has 5 heteroatoms. The lowest BCUT2D eigenvalue weighted by Crippen LogP contribution is -2.42. The van der Waals surface area contributed by atoms with Crippen LogP contribution in [0.15, 0.2) is 24.3 Å². The summed E-state index contributed by atoms with van der Waals surface area (Å²) in [5.74, 6) is 5.05. The van der Waals surface area contributed by atoms with Gasteiger partial charge in [-0.3, -0.25) is 5.43 Å². The van der Waals surface area contributed by atoms with Crippen LogP contribution in [0, 0.1) is 0 Å². The van der Waals surface area contributed by atoms with Crippen molar-refractivity contribution in [2.75, 3.05) is 7.05 Å². The molecule has 15 heavy (non-hydrogen) atoms. The molecule has 0 aliphatic carbocycles. The summed E-state index contributed by atoms with van der Waals surface area (Å²) in [6, 6.07) is 6.94. The lowest BCUT2D eigenvalue weighted by molar-refractivity contribution is 0.194. The third kappa shape index (κ3) is 2.61. The Bertz CT molecular complexity index is 356. The minimum absolute atomic E-state index is 0.123. The van der Waals surface area contributed by atoms with E-state index in [0.29, 0.717) is 5.02 Å². The minimum Gasteiger partial charge on any atom is -0.320 e. The number of rotatable bonds is 2. The fraction of sp³-hybridized carbons (Fsp3) is 0.300. The summed E-state index contributed by atoms with van der Waals surface area (Å²) in [6.45, 7) is 1.89. The molecule has 1 aromatic carbocycles. The summed E-state index contributed by atoms with van der Waals surface area (Å²) in [7, 11) is 1.66. The molecule has 0 spiro atoms. The first-order valence-electron chi connectivity index (χ1n) is 4.55. The van der Waals surface area contributed by atoms with Gasteiger partial charge in [0.05, 0.1) is 6.04 Å². The molecule has 0 heterocycles. The molecule has 0 saturated carbocycles. The van der Waals surface area contributed by atoms with E-state index >= 15 is 0 Å². The fourth-order valence-corrected chi connectivity index (χ4v) is 1.59. The Morgan fingerprint density at radius 2 is 2.13 bits per heavy atom. The number of nitrogens with zero attached hydrogens (tertiary/aromatic N) is 1. The van der Waals surface area contributed by atoms with Crippen molar-refractivity contribution in [1.29, 1.82) is 0 Å². The van der Waals surface area contributed by atoms with Gasteiger partial charge in [0.25, 0.3) is 0 Å². The van der Waals surface area contributed by atoms with E-state index in [0.717, 1.165) is 5.56 Å². The quantitative estimate of drug-likeness (QED) is 0.461. The van der Waals surface area contributed by atoms with Crippen LogP contribution >= 0.6 is 11.6 Å². The summed E-state index contributed by atoms with van der Waals surface area (Å²) >= 11 is 6.02. The zero-order valence-electron chi connectivity index (χ0n) is 8.70. The van der Waals surface area contributed by atoms with E-state index in [2.05, 4.69) is 5.43 Å². The van der Waals surface area contributed by atoms with Crippen molar-refractivity contribution in [2.45, 2.75) is 13.0 Å². The zero-order valence-corrected chi connectivity index (χ0v) is 9.45. The van der Waals surface area contributed by atoms with Crippen molar-refractivity contribution in [2.24, 2.45) is 5.84 Å². The summed E-state index contributed by atoms with van der Waals surface area (Å²) in [5.41, 5.74) is 2.97. The number of hydrogen-bond donors (Lipinski definition) is 2. The molecule has 0 aliphatic heterocycles. The van der Waals surface area contributed by atoms with Gasteiger partial charge in [-0.05, 0) is 18.6 Å². The maximum Gasteiger partial charge on any atom is 0.331 e. The summed E-state index contributed by atoms with van der Waals surface area (Å²) in [6.07, 6.45) is 0. The summed E-state index contributed by atoms with van der Waals surface area (Å²) in [4.78, 5) is 12.8. The van der Waals surface area contributed by atoms with Gasteiger partial charge in [0.1, 0.15) is 0 Å². The molecule has 0 radical (unpaired) electrons. The van der Waals surface area contributed by atoms with Crippen molar-refractivity contribution < 1.29 is 4.79 Å². The van der Waals surface area contributed by atoms with E-state index in [1.807, 2.05) is 25.1 Å². The number of hydrogen-bond acceptors (Lipinski definition) is 2. The molecule has 1 aromatic rings. The number of nitrogens with one attached hydrogen (secondary N) is 1. The van der Waals surface area contributed by atoms with Crippen molar-refractivity contribution >= 4 is 17.6 Å². The van der Waals surface area contributed by atoms with Gasteiger partial charge in [-0.15, -0.1) is 0 Å². The number of nitrogens with two attached hydrogens (primary N) is 1. The van der Waals surface area contributed by atoms with E-state index < -0.39 is 0 Å². The topological polar surface area (TPSA) is 58.4 Å². The van der Waals surface area contributed by atoms with Gasteiger partial charge in [0.2, 0.25) is 0 Å². The highest BCUT2D eigenvalue weighted by molar-refractivity contribution is 6.31. The van der Waals surface area contributed by atoms with Crippen LogP contribution in [0.4, 0.5) is 4.79 Å². The second kappa shape index (κ2) is 5.00. The summed E-state index contributed by atoms with van der Waals surface area (Å²) in [5, 5.41) is 0.640. The predicted molar refractivity (Wildman–Crippen MR) is 60.3 cm³/mol. The second-order valence-corrected chi connectivity index (χ2v) is 3.67. The first-order valence-corrected chi connectivity index (χ1v) is 4.93. The van der Waals surface area contributed by atoms with Crippen LogP contribution in [0.5, 0.6) is 0 Å². The molecule has 0 fully saturated rings. The minimum atomic E-state index is -0.345.